The summed E-state index contributed by atoms with van der Waals surface area (Å²) in [4.78, 5) is 1.05. The molecule has 0 N–H and O–H groups in total. The van der Waals surface area contributed by atoms with Gasteiger partial charge < -0.3 is 4.90 Å². The smallest absolute Gasteiger partial charge is 0.287 e. The standard InChI is InChI=1S/C11H14F3N/c1-3-15(11(14)10(12)13)9-6-4-5-8(2)7-9/h4-7,10-11H,3H2,1-2H3. The number of benzene rings is 1. The molecule has 4 heteroatoms. The lowest BCUT2D eigenvalue weighted by molar-refractivity contribution is 0.0485. The van der Waals surface area contributed by atoms with Crippen LogP contribution in [0.1, 0.15) is 12.5 Å². The Bertz CT molecular complexity index is 314. The monoisotopic (exact) mass is 217 g/mol. The fourth-order valence-electron chi connectivity index (χ4n) is 1.44. The van der Waals surface area contributed by atoms with E-state index >= 15 is 0 Å². The molecule has 0 saturated carbocycles. The quantitative estimate of drug-likeness (QED) is 0.699. The maximum Gasteiger partial charge on any atom is 0.287 e. The second-order valence-corrected chi connectivity index (χ2v) is 3.33. The zero-order chi connectivity index (χ0) is 11.4. The van der Waals surface area contributed by atoms with E-state index in [0.717, 1.165) is 10.5 Å². The van der Waals surface area contributed by atoms with Gasteiger partial charge in [0.05, 0.1) is 0 Å². The van der Waals surface area contributed by atoms with E-state index in [-0.39, 0.29) is 6.54 Å². The highest BCUT2D eigenvalue weighted by molar-refractivity contribution is 5.48. The Morgan fingerprint density at radius 1 is 1.27 bits per heavy atom. The molecular formula is C11H14F3N. The third kappa shape index (κ3) is 2.88. The molecule has 0 aliphatic carbocycles. The van der Waals surface area contributed by atoms with Gasteiger partial charge in [-0.05, 0) is 31.5 Å². The third-order valence-electron chi connectivity index (χ3n) is 2.18. The van der Waals surface area contributed by atoms with E-state index in [9.17, 15) is 13.2 Å². The summed E-state index contributed by atoms with van der Waals surface area (Å²) in [7, 11) is 0. The van der Waals surface area contributed by atoms with Crippen LogP contribution in [-0.4, -0.2) is 19.3 Å². The van der Waals surface area contributed by atoms with Crippen molar-refractivity contribution >= 4 is 5.69 Å². The minimum Gasteiger partial charge on any atom is -0.338 e. The molecule has 1 nitrogen and oxygen atoms in total. The Kier molecular flexibility index (Phi) is 4.00. The predicted molar refractivity (Wildman–Crippen MR) is 55.1 cm³/mol. The van der Waals surface area contributed by atoms with E-state index in [0.29, 0.717) is 5.69 Å². The molecule has 0 amide bonds. The van der Waals surface area contributed by atoms with Crippen molar-refractivity contribution in [3.8, 4) is 0 Å². The number of hydrogen-bond donors (Lipinski definition) is 0. The first-order valence-electron chi connectivity index (χ1n) is 4.81. The van der Waals surface area contributed by atoms with Gasteiger partial charge in [0, 0.05) is 12.2 Å². The van der Waals surface area contributed by atoms with E-state index in [1.807, 2.05) is 13.0 Å². The van der Waals surface area contributed by atoms with Crippen molar-refractivity contribution in [1.82, 2.24) is 0 Å². The normalized spacial score (nSPS) is 12.9. The van der Waals surface area contributed by atoms with E-state index in [1.54, 1.807) is 25.1 Å². The molecule has 1 rings (SSSR count). The molecule has 0 aliphatic heterocycles. The van der Waals surface area contributed by atoms with Gasteiger partial charge in [0.25, 0.3) is 6.43 Å². The van der Waals surface area contributed by atoms with E-state index in [4.69, 9.17) is 0 Å². The van der Waals surface area contributed by atoms with Gasteiger partial charge in [-0.2, -0.15) is 0 Å². The number of anilines is 1. The molecule has 0 radical (unpaired) electrons. The van der Waals surface area contributed by atoms with E-state index < -0.39 is 12.7 Å². The highest BCUT2D eigenvalue weighted by atomic mass is 19.3. The maximum atomic E-state index is 13.2. The summed E-state index contributed by atoms with van der Waals surface area (Å²) in [6.45, 7) is 3.71. The largest absolute Gasteiger partial charge is 0.338 e. The van der Waals surface area contributed by atoms with E-state index in [2.05, 4.69) is 0 Å². The summed E-state index contributed by atoms with van der Waals surface area (Å²) in [6, 6.07) is 6.89. The van der Waals surface area contributed by atoms with Crippen LogP contribution in [0.15, 0.2) is 24.3 Å². The van der Waals surface area contributed by atoms with Crippen molar-refractivity contribution in [3.63, 3.8) is 0 Å². The van der Waals surface area contributed by atoms with Gasteiger partial charge in [-0.1, -0.05) is 12.1 Å². The SMILES string of the molecule is CCN(c1cccc(C)c1)C(F)C(F)F. The van der Waals surface area contributed by atoms with Crippen LogP contribution >= 0.6 is 0 Å². The molecule has 1 unspecified atom stereocenters. The molecule has 0 fully saturated rings. The fraction of sp³-hybridized carbons (Fsp3) is 0.455. The average Bonchev–Trinajstić information content (AvgIpc) is 2.18. The summed E-state index contributed by atoms with van der Waals surface area (Å²) in [6.07, 6.45) is -5.22. The van der Waals surface area contributed by atoms with Crippen LogP contribution in [0.2, 0.25) is 0 Å². The van der Waals surface area contributed by atoms with Gasteiger partial charge in [-0.15, -0.1) is 0 Å². The summed E-state index contributed by atoms with van der Waals surface area (Å²) in [5.74, 6) is 0. The van der Waals surface area contributed by atoms with Crippen LogP contribution in [0, 0.1) is 6.92 Å². The van der Waals surface area contributed by atoms with Crippen LogP contribution in [0.25, 0.3) is 0 Å². The zero-order valence-corrected chi connectivity index (χ0v) is 8.75. The molecule has 15 heavy (non-hydrogen) atoms. The maximum absolute atomic E-state index is 13.2. The van der Waals surface area contributed by atoms with Crippen molar-refractivity contribution in [2.75, 3.05) is 11.4 Å². The lowest BCUT2D eigenvalue weighted by Crippen LogP contribution is -2.37. The van der Waals surface area contributed by atoms with Crippen LogP contribution in [-0.2, 0) is 0 Å². The Labute approximate surface area is 87.5 Å². The third-order valence-corrected chi connectivity index (χ3v) is 2.18. The predicted octanol–water partition coefficient (Wildman–Crippen LogP) is 3.38. The number of alkyl halides is 3. The van der Waals surface area contributed by atoms with Gasteiger partial charge in [-0.25, -0.2) is 13.2 Å². The summed E-state index contributed by atoms with van der Waals surface area (Å²) in [5.41, 5.74) is 1.41. The second kappa shape index (κ2) is 5.05. The van der Waals surface area contributed by atoms with Gasteiger partial charge >= 0.3 is 0 Å². The number of hydrogen-bond acceptors (Lipinski definition) is 1. The van der Waals surface area contributed by atoms with E-state index in [1.165, 1.54) is 0 Å². The highest BCUT2D eigenvalue weighted by Gasteiger charge is 2.26. The van der Waals surface area contributed by atoms with Gasteiger partial charge in [-0.3, -0.25) is 0 Å². The molecule has 1 aromatic rings. The second-order valence-electron chi connectivity index (χ2n) is 3.33. The van der Waals surface area contributed by atoms with Crippen molar-refractivity contribution in [2.24, 2.45) is 0 Å². The number of nitrogens with zero attached hydrogens (tertiary/aromatic N) is 1. The Balaban J connectivity index is 2.92. The summed E-state index contributed by atoms with van der Waals surface area (Å²) >= 11 is 0. The molecule has 84 valence electrons. The summed E-state index contributed by atoms with van der Waals surface area (Å²) < 4.78 is 37.7. The van der Waals surface area contributed by atoms with Gasteiger partial charge in [0.2, 0.25) is 6.30 Å². The number of rotatable bonds is 4. The summed E-state index contributed by atoms with van der Waals surface area (Å²) in [5, 5.41) is 0. The molecule has 0 aliphatic rings. The minimum atomic E-state index is -2.98. The van der Waals surface area contributed by atoms with Crippen LogP contribution in [0.5, 0.6) is 0 Å². The van der Waals surface area contributed by atoms with Crippen molar-refractivity contribution in [3.05, 3.63) is 29.8 Å². The highest BCUT2D eigenvalue weighted by Crippen LogP contribution is 2.21. The number of halogens is 3. The van der Waals surface area contributed by atoms with Crippen LogP contribution < -0.4 is 4.90 Å². The lowest BCUT2D eigenvalue weighted by atomic mass is 10.2. The molecule has 1 aromatic carbocycles. The first kappa shape index (κ1) is 11.9. The van der Waals surface area contributed by atoms with Crippen molar-refractivity contribution in [1.29, 1.82) is 0 Å². The molecule has 1 atom stereocenters. The molecular weight excluding hydrogens is 203 g/mol. The Hall–Kier alpha value is -1.19. The molecule has 0 saturated heterocycles. The van der Waals surface area contributed by atoms with Crippen molar-refractivity contribution < 1.29 is 13.2 Å². The zero-order valence-electron chi connectivity index (χ0n) is 8.75. The fourth-order valence-corrected chi connectivity index (χ4v) is 1.44. The first-order valence-corrected chi connectivity index (χ1v) is 4.81. The van der Waals surface area contributed by atoms with Crippen LogP contribution in [0.3, 0.4) is 0 Å². The van der Waals surface area contributed by atoms with Gasteiger partial charge in [0.15, 0.2) is 0 Å². The topological polar surface area (TPSA) is 3.24 Å². The minimum absolute atomic E-state index is 0.217. The lowest BCUT2D eigenvalue weighted by Gasteiger charge is -2.26. The van der Waals surface area contributed by atoms with Gasteiger partial charge in [0.1, 0.15) is 0 Å². The molecule has 0 heterocycles. The molecule has 0 spiro atoms. The van der Waals surface area contributed by atoms with Crippen LogP contribution in [0.4, 0.5) is 18.9 Å². The first-order chi connectivity index (χ1) is 7.06. The Morgan fingerprint density at radius 2 is 1.93 bits per heavy atom. The Morgan fingerprint density at radius 3 is 2.40 bits per heavy atom. The number of aryl methyl sites for hydroxylation is 1. The van der Waals surface area contributed by atoms with Crippen molar-refractivity contribution in [2.45, 2.75) is 26.6 Å². The average molecular weight is 217 g/mol. The molecule has 0 aromatic heterocycles. The molecule has 0 bridgehead atoms.